The van der Waals surface area contributed by atoms with Crippen molar-refractivity contribution in [3.63, 3.8) is 0 Å². The van der Waals surface area contributed by atoms with Crippen LogP contribution in [0.5, 0.6) is 0 Å². The largest absolute Gasteiger partial charge is 0.416 e. The molecule has 0 atom stereocenters. The van der Waals surface area contributed by atoms with Crippen molar-refractivity contribution in [2.45, 2.75) is 31.0 Å². The van der Waals surface area contributed by atoms with Gasteiger partial charge in [0.15, 0.2) is 11.0 Å². The number of hydrogen-bond donors (Lipinski definition) is 1. The molecule has 0 radical (unpaired) electrons. The Morgan fingerprint density at radius 1 is 1.06 bits per heavy atom. The van der Waals surface area contributed by atoms with Crippen LogP contribution in [0.1, 0.15) is 16.7 Å². The molecule has 34 heavy (non-hydrogen) atoms. The van der Waals surface area contributed by atoms with Gasteiger partial charge in [0, 0.05) is 17.8 Å². The lowest BCUT2D eigenvalue weighted by Gasteiger charge is -2.14. The third kappa shape index (κ3) is 5.99. The van der Waals surface area contributed by atoms with Crippen LogP contribution in [0.15, 0.2) is 60.3 Å². The second kappa shape index (κ2) is 9.92. The Hall–Kier alpha value is -3.28. The van der Waals surface area contributed by atoms with Gasteiger partial charge in [0.25, 0.3) is 0 Å². The van der Waals surface area contributed by atoms with E-state index in [9.17, 15) is 31.1 Å². The van der Waals surface area contributed by atoms with E-state index in [1.54, 1.807) is 10.6 Å². The molecule has 12 heteroatoms. The van der Waals surface area contributed by atoms with Crippen molar-refractivity contribution in [1.82, 2.24) is 14.8 Å². The van der Waals surface area contributed by atoms with Crippen LogP contribution in [0, 0.1) is 6.92 Å². The highest BCUT2D eigenvalue weighted by Gasteiger charge is 2.37. The van der Waals surface area contributed by atoms with E-state index in [0.29, 0.717) is 29.7 Å². The fraction of sp³-hybridized carbons (Fsp3) is 0.227. The molecule has 1 amide bonds. The Kier molecular flexibility index (Phi) is 7.39. The number of rotatable bonds is 7. The zero-order valence-electron chi connectivity index (χ0n) is 17.7. The van der Waals surface area contributed by atoms with Crippen LogP contribution in [0.3, 0.4) is 0 Å². The standard InChI is InChI=1S/C22H18F6N4OS/c1-3-8-32-19(17-7-5-4-6-13(17)2)30-31-20(32)34-12-18(33)29-16-10-14(21(23,24)25)9-15(11-16)22(26,27)28/h3-7,9-11H,1,8,12H2,2H3,(H,29,33). The summed E-state index contributed by atoms with van der Waals surface area (Å²) in [4.78, 5) is 12.3. The molecular formula is C22H18F6N4OS. The number of amides is 1. The summed E-state index contributed by atoms with van der Waals surface area (Å²) >= 11 is 0.940. The first-order chi connectivity index (χ1) is 15.9. The van der Waals surface area contributed by atoms with Gasteiger partial charge in [-0.05, 0) is 30.7 Å². The van der Waals surface area contributed by atoms with Gasteiger partial charge in [-0.2, -0.15) is 26.3 Å². The Morgan fingerprint density at radius 3 is 2.24 bits per heavy atom. The molecule has 0 fully saturated rings. The second-order valence-corrected chi connectivity index (χ2v) is 8.09. The summed E-state index contributed by atoms with van der Waals surface area (Å²) in [6, 6.07) is 8.35. The first-order valence-electron chi connectivity index (χ1n) is 9.72. The van der Waals surface area contributed by atoms with Crippen LogP contribution < -0.4 is 5.32 Å². The van der Waals surface area contributed by atoms with Gasteiger partial charge in [-0.25, -0.2) is 0 Å². The third-order valence-electron chi connectivity index (χ3n) is 4.62. The molecule has 2 aromatic carbocycles. The van der Waals surface area contributed by atoms with Crippen molar-refractivity contribution < 1.29 is 31.1 Å². The molecule has 0 aliphatic rings. The van der Waals surface area contributed by atoms with Crippen molar-refractivity contribution in [2.24, 2.45) is 0 Å². The van der Waals surface area contributed by atoms with Crippen molar-refractivity contribution in [1.29, 1.82) is 0 Å². The van der Waals surface area contributed by atoms with Crippen LogP contribution in [0.2, 0.25) is 0 Å². The van der Waals surface area contributed by atoms with Crippen LogP contribution in [0.25, 0.3) is 11.4 Å². The van der Waals surface area contributed by atoms with Gasteiger partial charge < -0.3 is 5.32 Å². The second-order valence-electron chi connectivity index (χ2n) is 7.15. The summed E-state index contributed by atoms with van der Waals surface area (Å²) in [5.41, 5.74) is -1.88. The number of aryl methyl sites for hydroxylation is 1. The molecular weight excluding hydrogens is 482 g/mol. The van der Waals surface area contributed by atoms with Gasteiger partial charge >= 0.3 is 12.4 Å². The van der Waals surface area contributed by atoms with E-state index in [1.807, 2.05) is 31.2 Å². The van der Waals surface area contributed by atoms with Gasteiger partial charge in [-0.15, -0.1) is 16.8 Å². The normalized spacial score (nSPS) is 12.0. The number of allylic oxidation sites excluding steroid dienone is 1. The van der Waals surface area contributed by atoms with Gasteiger partial charge in [0.1, 0.15) is 0 Å². The van der Waals surface area contributed by atoms with Gasteiger partial charge in [0.2, 0.25) is 5.91 Å². The molecule has 3 rings (SSSR count). The first-order valence-corrected chi connectivity index (χ1v) is 10.7. The number of hydrogen-bond acceptors (Lipinski definition) is 4. The fourth-order valence-corrected chi connectivity index (χ4v) is 3.81. The maximum absolute atomic E-state index is 13.0. The number of alkyl halides is 6. The zero-order valence-corrected chi connectivity index (χ0v) is 18.5. The number of nitrogens with one attached hydrogen (secondary N) is 1. The average Bonchev–Trinajstić information content (AvgIpc) is 3.14. The van der Waals surface area contributed by atoms with Crippen molar-refractivity contribution >= 4 is 23.4 Å². The molecule has 180 valence electrons. The van der Waals surface area contributed by atoms with E-state index in [4.69, 9.17) is 0 Å². The smallest absolute Gasteiger partial charge is 0.325 e. The number of anilines is 1. The highest BCUT2D eigenvalue weighted by atomic mass is 32.2. The predicted molar refractivity (Wildman–Crippen MR) is 116 cm³/mol. The van der Waals surface area contributed by atoms with E-state index >= 15 is 0 Å². The number of benzene rings is 2. The monoisotopic (exact) mass is 500 g/mol. The molecule has 0 spiro atoms. The maximum Gasteiger partial charge on any atom is 0.416 e. The van der Waals surface area contributed by atoms with Crippen LogP contribution in [0.4, 0.5) is 32.0 Å². The fourth-order valence-electron chi connectivity index (χ4n) is 3.07. The minimum Gasteiger partial charge on any atom is -0.325 e. The van der Waals surface area contributed by atoms with Gasteiger partial charge in [-0.1, -0.05) is 42.1 Å². The average molecular weight is 500 g/mol. The SMILES string of the molecule is C=CCn1c(SCC(=O)Nc2cc(C(F)(F)F)cc(C(F)(F)F)c2)nnc1-c1ccccc1C. The maximum atomic E-state index is 13.0. The first kappa shape index (κ1) is 25.3. The summed E-state index contributed by atoms with van der Waals surface area (Å²) < 4.78 is 79.8. The van der Waals surface area contributed by atoms with Gasteiger partial charge in [0.05, 0.1) is 16.9 Å². The van der Waals surface area contributed by atoms with Crippen LogP contribution in [-0.2, 0) is 23.7 Å². The number of aromatic nitrogens is 3. The summed E-state index contributed by atoms with van der Waals surface area (Å²) in [7, 11) is 0. The van der Waals surface area contributed by atoms with Crippen LogP contribution in [-0.4, -0.2) is 26.4 Å². The number of carbonyl (C=O) groups is 1. The molecule has 1 N–H and O–H groups in total. The molecule has 1 heterocycles. The Morgan fingerprint density at radius 2 is 1.68 bits per heavy atom. The predicted octanol–water partition coefficient (Wildman–Crippen LogP) is 6.21. The third-order valence-corrected chi connectivity index (χ3v) is 5.59. The lowest BCUT2D eigenvalue weighted by atomic mass is 10.1. The number of halogens is 6. The lowest BCUT2D eigenvalue weighted by Crippen LogP contribution is -2.17. The van der Waals surface area contributed by atoms with E-state index in [1.165, 1.54) is 0 Å². The molecule has 0 bridgehead atoms. The Labute approximate surface area is 194 Å². The number of carbonyl (C=O) groups excluding carboxylic acids is 1. The highest BCUT2D eigenvalue weighted by Crippen LogP contribution is 2.37. The van der Waals surface area contributed by atoms with Crippen molar-refractivity contribution in [3.8, 4) is 11.4 Å². The zero-order chi connectivity index (χ0) is 25.1. The molecule has 0 saturated carbocycles. The van der Waals surface area contributed by atoms with E-state index in [2.05, 4.69) is 22.1 Å². The molecule has 0 aliphatic carbocycles. The van der Waals surface area contributed by atoms with E-state index < -0.39 is 35.1 Å². The molecule has 0 unspecified atom stereocenters. The molecule has 5 nitrogen and oxygen atoms in total. The summed E-state index contributed by atoms with van der Waals surface area (Å²) in [5, 5.41) is 10.7. The van der Waals surface area contributed by atoms with E-state index in [0.717, 1.165) is 22.9 Å². The molecule has 0 aliphatic heterocycles. The molecule has 1 aromatic heterocycles. The molecule has 3 aromatic rings. The van der Waals surface area contributed by atoms with Crippen molar-refractivity contribution in [3.05, 3.63) is 71.8 Å². The van der Waals surface area contributed by atoms with Crippen LogP contribution >= 0.6 is 11.8 Å². The summed E-state index contributed by atoms with van der Waals surface area (Å²) in [5.74, 6) is -0.586. The van der Waals surface area contributed by atoms with Crippen molar-refractivity contribution in [2.75, 3.05) is 11.1 Å². The highest BCUT2D eigenvalue weighted by molar-refractivity contribution is 7.99. The number of thioether (sulfide) groups is 1. The number of nitrogens with zero attached hydrogens (tertiary/aromatic N) is 3. The Bertz CT molecular complexity index is 1170. The lowest BCUT2D eigenvalue weighted by molar-refractivity contribution is -0.143. The Balaban J connectivity index is 1.80. The summed E-state index contributed by atoms with van der Waals surface area (Å²) in [6.07, 6.45) is -8.41. The quantitative estimate of drug-likeness (QED) is 0.238. The minimum atomic E-state index is -5.01. The van der Waals surface area contributed by atoms with Gasteiger partial charge in [-0.3, -0.25) is 9.36 Å². The minimum absolute atomic E-state index is 0.00470. The van der Waals surface area contributed by atoms with E-state index in [-0.39, 0.29) is 11.8 Å². The summed E-state index contributed by atoms with van der Waals surface area (Å²) in [6.45, 7) is 5.91. The topological polar surface area (TPSA) is 59.8 Å². The molecule has 0 saturated heterocycles.